The number of pyridine rings is 1. The number of aromatic nitrogens is 2. The Hall–Kier alpha value is -3.35. The van der Waals surface area contributed by atoms with Gasteiger partial charge in [-0.05, 0) is 25.1 Å². The van der Waals surface area contributed by atoms with E-state index in [-0.39, 0.29) is 51.6 Å². The number of carbonyl (C=O) groups is 2. The zero-order valence-electron chi connectivity index (χ0n) is 19.1. The van der Waals surface area contributed by atoms with Gasteiger partial charge >= 0.3 is 0 Å². The van der Waals surface area contributed by atoms with E-state index in [2.05, 4.69) is 20.8 Å². The van der Waals surface area contributed by atoms with E-state index >= 15 is 4.39 Å². The first kappa shape index (κ1) is 26.7. The number of hydrogen-bond donors (Lipinski definition) is 2. The molecule has 0 spiro atoms. The summed E-state index contributed by atoms with van der Waals surface area (Å²) in [6, 6.07) is 4.20. The van der Waals surface area contributed by atoms with Crippen LogP contribution in [0.3, 0.4) is 0 Å². The standard InChI is InChI=1S/C23H19Cl2F3N4O5/c1-11(31-22(34)23(9-35-10-23)32-21(33)17-2-3-30-37-17)19-16(26)4-12(7-29-19)14-5-13(24)6-15(25)20(14)36-8-18(27)28/h2-7,11,18H,8-10H2,1H3,(H,31,34)(H,32,33)/t11-/m1/s1. The normalized spacial score (nSPS) is 15.1. The molecule has 1 aliphatic rings. The van der Waals surface area contributed by atoms with Crippen LogP contribution in [0, 0.1) is 5.82 Å². The topological polar surface area (TPSA) is 116 Å². The van der Waals surface area contributed by atoms with E-state index in [0.717, 1.165) is 6.07 Å². The van der Waals surface area contributed by atoms with Crippen molar-refractivity contribution in [1.29, 1.82) is 0 Å². The molecule has 1 aliphatic heterocycles. The zero-order chi connectivity index (χ0) is 26.7. The largest absolute Gasteiger partial charge is 0.485 e. The molecule has 0 radical (unpaired) electrons. The summed E-state index contributed by atoms with van der Waals surface area (Å²) in [4.78, 5) is 29.4. The first-order valence-electron chi connectivity index (χ1n) is 10.8. The van der Waals surface area contributed by atoms with Gasteiger partial charge in [0.15, 0.2) is 5.54 Å². The number of carbonyl (C=O) groups excluding carboxylic acids is 2. The van der Waals surface area contributed by atoms with E-state index in [1.54, 1.807) is 0 Å². The summed E-state index contributed by atoms with van der Waals surface area (Å²) < 4.78 is 55.5. The van der Waals surface area contributed by atoms with Gasteiger partial charge < -0.3 is 24.6 Å². The highest BCUT2D eigenvalue weighted by molar-refractivity contribution is 6.36. The first-order chi connectivity index (χ1) is 17.6. The average Bonchev–Trinajstić information content (AvgIpc) is 3.35. The summed E-state index contributed by atoms with van der Waals surface area (Å²) in [6.45, 7) is 0.375. The molecule has 3 heterocycles. The van der Waals surface area contributed by atoms with E-state index in [1.165, 1.54) is 37.5 Å². The third-order valence-electron chi connectivity index (χ3n) is 5.45. The van der Waals surface area contributed by atoms with E-state index in [9.17, 15) is 18.4 Å². The monoisotopic (exact) mass is 558 g/mol. The molecule has 37 heavy (non-hydrogen) atoms. The van der Waals surface area contributed by atoms with Crippen molar-refractivity contribution in [3.05, 3.63) is 64.0 Å². The van der Waals surface area contributed by atoms with Crippen molar-refractivity contribution in [3.8, 4) is 16.9 Å². The Morgan fingerprint density at radius 2 is 2.00 bits per heavy atom. The maximum atomic E-state index is 15.1. The van der Waals surface area contributed by atoms with Crippen LogP contribution in [-0.4, -0.2) is 53.7 Å². The lowest BCUT2D eigenvalue weighted by Gasteiger charge is -2.40. The number of alkyl halides is 2. The van der Waals surface area contributed by atoms with Gasteiger partial charge in [-0.2, -0.15) is 0 Å². The smallest absolute Gasteiger partial charge is 0.290 e. The minimum atomic E-state index is -2.76. The number of rotatable bonds is 9. The number of benzene rings is 1. The lowest BCUT2D eigenvalue weighted by atomic mass is 9.95. The van der Waals surface area contributed by atoms with Gasteiger partial charge in [0.1, 0.15) is 18.2 Å². The SMILES string of the molecule is C[C@@H](NC(=O)C1(NC(=O)c2ccno2)COC1)c1ncc(-c2cc(Cl)cc(Cl)c2OCC(F)F)cc1F. The molecule has 14 heteroatoms. The van der Waals surface area contributed by atoms with Gasteiger partial charge in [-0.1, -0.05) is 28.4 Å². The molecule has 196 valence electrons. The van der Waals surface area contributed by atoms with Crippen LogP contribution in [0.5, 0.6) is 5.75 Å². The fraction of sp³-hybridized carbons (Fsp3) is 0.304. The van der Waals surface area contributed by atoms with Gasteiger partial charge in [-0.15, -0.1) is 0 Å². The Morgan fingerprint density at radius 3 is 2.59 bits per heavy atom. The lowest BCUT2D eigenvalue weighted by Crippen LogP contribution is -2.70. The molecule has 0 bridgehead atoms. The Bertz CT molecular complexity index is 1310. The minimum absolute atomic E-state index is 0.0336. The molecule has 0 aliphatic carbocycles. The Morgan fingerprint density at radius 1 is 1.24 bits per heavy atom. The van der Waals surface area contributed by atoms with E-state index in [0.29, 0.717) is 0 Å². The number of amides is 2. The van der Waals surface area contributed by atoms with Gasteiger partial charge in [0, 0.05) is 28.4 Å². The summed E-state index contributed by atoms with van der Waals surface area (Å²) in [7, 11) is 0. The van der Waals surface area contributed by atoms with Gasteiger partial charge in [-0.3, -0.25) is 14.6 Å². The highest BCUT2D eigenvalue weighted by atomic mass is 35.5. The van der Waals surface area contributed by atoms with E-state index in [1.807, 2.05) is 0 Å². The van der Waals surface area contributed by atoms with Crippen molar-refractivity contribution < 1.29 is 36.8 Å². The van der Waals surface area contributed by atoms with Crippen LogP contribution >= 0.6 is 23.2 Å². The van der Waals surface area contributed by atoms with Crippen LogP contribution in [0.25, 0.3) is 11.1 Å². The molecular formula is C23H19Cl2F3N4O5. The van der Waals surface area contributed by atoms with Crippen molar-refractivity contribution in [2.45, 2.75) is 24.9 Å². The molecule has 0 unspecified atom stereocenters. The molecule has 2 aromatic heterocycles. The first-order valence-corrected chi connectivity index (χ1v) is 11.5. The second kappa shape index (κ2) is 11.0. The minimum Gasteiger partial charge on any atom is -0.485 e. The highest BCUT2D eigenvalue weighted by Crippen LogP contribution is 2.39. The van der Waals surface area contributed by atoms with Gasteiger partial charge in [0.25, 0.3) is 18.2 Å². The van der Waals surface area contributed by atoms with Crippen molar-refractivity contribution >= 4 is 35.0 Å². The fourth-order valence-electron chi connectivity index (χ4n) is 3.56. The summed E-state index contributed by atoms with van der Waals surface area (Å²) >= 11 is 12.2. The van der Waals surface area contributed by atoms with Gasteiger partial charge in [0.2, 0.25) is 5.76 Å². The number of nitrogens with one attached hydrogen (secondary N) is 2. The quantitative estimate of drug-likeness (QED) is 0.404. The van der Waals surface area contributed by atoms with Crippen molar-refractivity contribution in [3.63, 3.8) is 0 Å². The Labute approximate surface area is 218 Å². The number of hydrogen-bond acceptors (Lipinski definition) is 7. The molecule has 1 atom stereocenters. The molecule has 1 aromatic carbocycles. The highest BCUT2D eigenvalue weighted by Gasteiger charge is 2.48. The number of nitrogens with zero attached hydrogens (tertiary/aromatic N) is 2. The van der Waals surface area contributed by atoms with E-state index < -0.39 is 42.2 Å². The summed E-state index contributed by atoms with van der Waals surface area (Å²) in [6.07, 6.45) is -0.206. The molecule has 1 fully saturated rings. The third kappa shape index (κ3) is 5.81. The molecular weight excluding hydrogens is 540 g/mol. The maximum absolute atomic E-state index is 15.1. The predicted octanol–water partition coefficient (Wildman–Crippen LogP) is 4.20. The van der Waals surface area contributed by atoms with Gasteiger partial charge in [-0.25, -0.2) is 13.2 Å². The van der Waals surface area contributed by atoms with Crippen LogP contribution in [0.2, 0.25) is 10.0 Å². The molecule has 1 saturated heterocycles. The second-order valence-electron chi connectivity index (χ2n) is 8.16. The van der Waals surface area contributed by atoms with Crippen LogP contribution < -0.4 is 15.4 Å². The van der Waals surface area contributed by atoms with E-state index in [4.69, 9.17) is 37.2 Å². The third-order valence-corrected chi connectivity index (χ3v) is 5.95. The number of ether oxygens (including phenoxy) is 2. The van der Waals surface area contributed by atoms with Gasteiger partial charge in [0.05, 0.1) is 36.2 Å². The number of halogens is 5. The molecule has 3 aromatic rings. The van der Waals surface area contributed by atoms with Crippen LogP contribution in [0.15, 0.2) is 41.2 Å². The fourth-order valence-corrected chi connectivity index (χ4v) is 4.11. The van der Waals surface area contributed by atoms with Crippen LogP contribution in [0.1, 0.15) is 29.2 Å². The average molecular weight is 559 g/mol. The second-order valence-corrected chi connectivity index (χ2v) is 9.00. The van der Waals surface area contributed by atoms with Crippen molar-refractivity contribution in [2.75, 3.05) is 19.8 Å². The molecule has 4 rings (SSSR count). The predicted molar refractivity (Wildman–Crippen MR) is 125 cm³/mol. The van der Waals surface area contributed by atoms with Crippen LogP contribution in [0.4, 0.5) is 13.2 Å². The molecule has 9 nitrogen and oxygen atoms in total. The Kier molecular flexibility index (Phi) is 7.90. The zero-order valence-corrected chi connectivity index (χ0v) is 20.6. The molecule has 0 saturated carbocycles. The van der Waals surface area contributed by atoms with Crippen molar-refractivity contribution in [2.24, 2.45) is 0 Å². The summed E-state index contributed by atoms with van der Waals surface area (Å²) in [5, 5.41) is 8.76. The molecule has 2 N–H and O–H groups in total. The Balaban J connectivity index is 1.52. The summed E-state index contributed by atoms with van der Waals surface area (Å²) in [5.41, 5.74) is -1.18. The van der Waals surface area contributed by atoms with Crippen LogP contribution in [-0.2, 0) is 9.53 Å². The maximum Gasteiger partial charge on any atom is 0.290 e. The van der Waals surface area contributed by atoms with Crippen molar-refractivity contribution in [1.82, 2.24) is 20.8 Å². The summed E-state index contributed by atoms with van der Waals surface area (Å²) in [5.74, 6) is -2.27. The molecule has 2 amide bonds. The lowest BCUT2D eigenvalue weighted by molar-refractivity contribution is -0.147.